The van der Waals surface area contributed by atoms with Crippen LogP contribution in [0.25, 0.3) is 0 Å². The second-order valence-corrected chi connectivity index (χ2v) is 8.25. The van der Waals surface area contributed by atoms with Crippen molar-refractivity contribution in [1.29, 1.82) is 0 Å². The Labute approximate surface area is 153 Å². The fraction of sp³-hybridized carbons (Fsp3) is 0.727. The van der Waals surface area contributed by atoms with Crippen LogP contribution in [0.5, 0.6) is 5.75 Å². The Bertz CT molecular complexity index is 527. The number of nitrogens with zero attached hydrogens (tertiary/aromatic N) is 2. The highest BCUT2D eigenvalue weighted by Gasteiger charge is 2.34. The molecule has 2 atom stereocenters. The summed E-state index contributed by atoms with van der Waals surface area (Å²) < 4.78 is 6.08. The van der Waals surface area contributed by atoms with E-state index in [2.05, 4.69) is 34.1 Å². The number of hydrogen-bond donors (Lipinski definition) is 0. The van der Waals surface area contributed by atoms with Gasteiger partial charge in [-0.3, -0.25) is 4.90 Å². The lowest BCUT2D eigenvalue weighted by molar-refractivity contribution is 0.197. The van der Waals surface area contributed by atoms with Crippen LogP contribution in [0.4, 0.5) is 0 Å². The van der Waals surface area contributed by atoms with E-state index >= 15 is 0 Å². The average molecular weight is 343 g/mol. The molecule has 2 unspecified atom stereocenters. The molecular weight excluding hydrogens is 308 g/mol. The average Bonchev–Trinajstić information content (AvgIpc) is 3.11. The summed E-state index contributed by atoms with van der Waals surface area (Å²) in [6.45, 7) is 7.18. The predicted molar refractivity (Wildman–Crippen MR) is 103 cm³/mol. The number of hydrogen-bond acceptors (Lipinski definition) is 3. The van der Waals surface area contributed by atoms with Gasteiger partial charge in [-0.05, 0) is 81.8 Å². The predicted octanol–water partition coefficient (Wildman–Crippen LogP) is 4.28. The summed E-state index contributed by atoms with van der Waals surface area (Å²) in [5.74, 6) is 1.78. The molecule has 138 valence electrons. The number of ether oxygens (including phenoxy) is 1. The van der Waals surface area contributed by atoms with Gasteiger partial charge in [-0.2, -0.15) is 0 Å². The number of benzene rings is 1. The first-order valence-electron chi connectivity index (χ1n) is 10.6. The van der Waals surface area contributed by atoms with Gasteiger partial charge in [-0.15, -0.1) is 0 Å². The van der Waals surface area contributed by atoms with Gasteiger partial charge in [0.2, 0.25) is 0 Å². The zero-order valence-electron chi connectivity index (χ0n) is 15.7. The van der Waals surface area contributed by atoms with E-state index < -0.39 is 0 Å². The largest absolute Gasteiger partial charge is 0.494 e. The smallest absolute Gasteiger partial charge is 0.119 e. The van der Waals surface area contributed by atoms with Crippen molar-refractivity contribution in [1.82, 2.24) is 9.80 Å². The molecule has 1 aromatic carbocycles. The molecule has 0 aromatic heterocycles. The van der Waals surface area contributed by atoms with Crippen molar-refractivity contribution in [2.24, 2.45) is 0 Å². The van der Waals surface area contributed by atoms with E-state index in [1.165, 1.54) is 83.2 Å². The quantitative estimate of drug-likeness (QED) is 0.718. The maximum atomic E-state index is 6.08. The molecule has 4 rings (SSSR count). The first-order chi connectivity index (χ1) is 12.4. The molecule has 0 bridgehead atoms. The minimum Gasteiger partial charge on any atom is -0.494 e. The van der Waals surface area contributed by atoms with Gasteiger partial charge < -0.3 is 9.64 Å². The lowest BCUT2D eigenvalue weighted by atomic mass is 9.94. The van der Waals surface area contributed by atoms with Crippen molar-refractivity contribution < 1.29 is 4.74 Å². The molecule has 3 fully saturated rings. The highest BCUT2D eigenvalue weighted by molar-refractivity contribution is 5.32. The van der Waals surface area contributed by atoms with Gasteiger partial charge in [0, 0.05) is 19.1 Å². The molecule has 3 saturated heterocycles. The standard InChI is InChI=1S/C22H34N2O/c1-3-11-23(12-4-1)13-7-15-25-22-10-6-8-19(17-22)20-16-21-9-2-5-14-24(21)18-20/h6,8,10,17,20-21H,1-5,7,9,11-16,18H2. The van der Waals surface area contributed by atoms with E-state index in [0.29, 0.717) is 5.92 Å². The van der Waals surface area contributed by atoms with Crippen LogP contribution in [0.2, 0.25) is 0 Å². The molecule has 0 aliphatic carbocycles. The second kappa shape index (κ2) is 8.55. The highest BCUT2D eigenvalue weighted by atomic mass is 16.5. The molecule has 3 aliphatic heterocycles. The van der Waals surface area contributed by atoms with Crippen molar-refractivity contribution in [2.45, 2.75) is 63.3 Å². The van der Waals surface area contributed by atoms with E-state index in [9.17, 15) is 0 Å². The van der Waals surface area contributed by atoms with Crippen LogP contribution >= 0.6 is 0 Å². The van der Waals surface area contributed by atoms with Gasteiger partial charge in [0.05, 0.1) is 6.61 Å². The summed E-state index contributed by atoms with van der Waals surface area (Å²) in [6, 6.07) is 9.78. The Kier molecular flexibility index (Phi) is 5.94. The van der Waals surface area contributed by atoms with Gasteiger partial charge >= 0.3 is 0 Å². The van der Waals surface area contributed by atoms with Crippen molar-refractivity contribution in [3.8, 4) is 5.75 Å². The summed E-state index contributed by atoms with van der Waals surface area (Å²) in [7, 11) is 0. The van der Waals surface area contributed by atoms with Crippen LogP contribution in [0, 0.1) is 0 Å². The lowest BCUT2D eigenvalue weighted by Gasteiger charge is -2.28. The molecule has 0 radical (unpaired) electrons. The molecule has 0 N–H and O–H groups in total. The third-order valence-electron chi connectivity index (χ3n) is 6.43. The Morgan fingerprint density at radius 2 is 1.88 bits per heavy atom. The zero-order valence-corrected chi connectivity index (χ0v) is 15.7. The van der Waals surface area contributed by atoms with Crippen LogP contribution in [-0.4, -0.2) is 55.2 Å². The number of likely N-dealkylation sites (tertiary alicyclic amines) is 1. The van der Waals surface area contributed by atoms with Gasteiger partial charge in [-0.1, -0.05) is 25.0 Å². The molecule has 25 heavy (non-hydrogen) atoms. The van der Waals surface area contributed by atoms with E-state index in [4.69, 9.17) is 4.74 Å². The van der Waals surface area contributed by atoms with Crippen LogP contribution in [0.1, 0.15) is 62.8 Å². The van der Waals surface area contributed by atoms with Gasteiger partial charge in [-0.25, -0.2) is 0 Å². The number of fused-ring (bicyclic) bond motifs is 1. The minimum atomic E-state index is 0.708. The van der Waals surface area contributed by atoms with Crippen molar-refractivity contribution in [3.63, 3.8) is 0 Å². The maximum absolute atomic E-state index is 6.08. The molecule has 3 nitrogen and oxygen atoms in total. The lowest BCUT2D eigenvalue weighted by Crippen LogP contribution is -2.33. The fourth-order valence-electron chi connectivity index (χ4n) is 5.01. The minimum absolute atomic E-state index is 0.708. The van der Waals surface area contributed by atoms with Gasteiger partial charge in [0.25, 0.3) is 0 Å². The van der Waals surface area contributed by atoms with Crippen molar-refractivity contribution in [2.75, 3.05) is 39.3 Å². The Morgan fingerprint density at radius 3 is 2.76 bits per heavy atom. The monoisotopic (exact) mass is 342 g/mol. The topological polar surface area (TPSA) is 15.7 Å². The molecule has 3 heterocycles. The Balaban J connectivity index is 1.25. The molecule has 1 aromatic rings. The van der Waals surface area contributed by atoms with Crippen molar-refractivity contribution in [3.05, 3.63) is 29.8 Å². The third-order valence-corrected chi connectivity index (χ3v) is 6.43. The summed E-state index contributed by atoms with van der Waals surface area (Å²) >= 11 is 0. The second-order valence-electron chi connectivity index (χ2n) is 8.25. The maximum Gasteiger partial charge on any atom is 0.119 e. The van der Waals surface area contributed by atoms with E-state index in [0.717, 1.165) is 24.8 Å². The van der Waals surface area contributed by atoms with Crippen LogP contribution in [0.15, 0.2) is 24.3 Å². The summed E-state index contributed by atoms with van der Waals surface area (Å²) in [4.78, 5) is 5.32. The van der Waals surface area contributed by atoms with E-state index in [1.54, 1.807) is 0 Å². The summed E-state index contributed by atoms with van der Waals surface area (Å²) in [6.07, 6.45) is 10.9. The van der Waals surface area contributed by atoms with Crippen LogP contribution < -0.4 is 4.74 Å². The first kappa shape index (κ1) is 17.4. The molecular formula is C22H34N2O. The molecule has 0 saturated carbocycles. The Morgan fingerprint density at radius 1 is 1.00 bits per heavy atom. The molecule has 0 spiro atoms. The summed E-state index contributed by atoms with van der Waals surface area (Å²) in [5.41, 5.74) is 1.49. The van der Waals surface area contributed by atoms with Gasteiger partial charge in [0.1, 0.15) is 5.75 Å². The van der Waals surface area contributed by atoms with E-state index in [-0.39, 0.29) is 0 Å². The van der Waals surface area contributed by atoms with E-state index in [1.807, 2.05) is 0 Å². The molecule has 3 aliphatic rings. The first-order valence-corrected chi connectivity index (χ1v) is 10.6. The summed E-state index contributed by atoms with van der Waals surface area (Å²) in [5, 5.41) is 0. The van der Waals surface area contributed by atoms with Crippen molar-refractivity contribution >= 4 is 0 Å². The number of piperidine rings is 2. The highest BCUT2D eigenvalue weighted by Crippen LogP contribution is 2.37. The normalized spacial score (nSPS) is 28.0. The third kappa shape index (κ3) is 4.57. The molecule has 3 heteroatoms. The fourth-order valence-corrected chi connectivity index (χ4v) is 5.01. The van der Waals surface area contributed by atoms with Gasteiger partial charge in [0.15, 0.2) is 0 Å². The Hall–Kier alpha value is -1.06. The van der Waals surface area contributed by atoms with Crippen LogP contribution in [-0.2, 0) is 0 Å². The zero-order chi connectivity index (χ0) is 16.9. The van der Waals surface area contributed by atoms with Crippen LogP contribution in [0.3, 0.4) is 0 Å². The SMILES string of the molecule is c1cc(OCCCN2CCCCC2)cc(C2CC3CCCCN3C2)c1. The number of rotatable bonds is 6. The molecule has 0 amide bonds.